The smallest absolute Gasteiger partial charge is 0.214 e. The van der Waals surface area contributed by atoms with Gasteiger partial charge in [0.2, 0.25) is 5.82 Å². The minimum atomic E-state index is -0.232. The molecule has 0 unspecified atom stereocenters. The number of rotatable bonds is 5. The lowest BCUT2D eigenvalue weighted by Gasteiger charge is -2.33. The van der Waals surface area contributed by atoms with Crippen LogP contribution in [-0.4, -0.2) is 33.3 Å². The fourth-order valence-electron chi connectivity index (χ4n) is 3.93. The average molecular weight is 366 g/mol. The van der Waals surface area contributed by atoms with Crippen LogP contribution in [0, 0.1) is 11.7 Å². The third-order valence-electron chi connectivity index (χ3n) is 5.52. The second-order valence-corrected chi connectivity index (χ2v) is 7.51. The Balaban J connectivity index is 1.66. The van der Waals surface area contributed by atoms with Gasteiger partial charge < -0.3 is 4.90 Å². The summed E-state index contributed by atoms with van der Waals surface area (Å²) in [6, 6.07) is 17.1. The van der Waals surface area contributed by atoms with Gasteiger partial charge in [0.25, 0.3) is 0 Å². The third-order valence-corrected chi connectivity index (χ3v) is 5.52. The summed E-state index contributed by atoms with van der Waals surface area (Å²) in [5.41, 5.74) is 2.22. The zero-order valence-electron chi connectivity index (χ0n) is 15.6. The number of tetrazole rings is 1. The Bertz CT molecular complexity index is 854. The summed E-state index contributed by atoms with van der Waals surface area (Å²) >= 11 is 0. The third kappa shape index (κ3) is 4.06. The van der Waals surface area contributed by atoms with Crippen LogP contribution in [0.5, 0.6) is 0 Å². The van der Waals surface area contributed by atoms with Gasteiger partial charge in [0.1, 0.15) is 5.82 Å². The zero-order valence-corrected chi connectivity index (χ0v) is 15.6. The first-order valence-corrected chi connectivity index (χ1v) is 9.61. The lowest BCUT2D eigenvalue weighted by Crippen LogP contribution is -3.13. The van der Waals surface area contributed by atoms with E-state index in [9.17, 15) is 4.39 Å². The van der Waals surface area contributed by atoms with Gasteiger partial charge in [-0.25, -0.2) is 9.07 Å². The molecule has 0 radical (unpaired) electrons. The minimum absolute atomic E-state index is 0.106. The number of hydrogen-bond donors (Lipinski definition) is 1. The van der Waals surface area contributed by atoms with Crippen molar-refractivity contribution in [3.63, 3.8) is 0 Å². The Labute approximate surface area is 158 Å². The van der Waals surface area contributed by atoms with Gasteiger partial charge in [-0.2, -0.15) is 0 Å². The molecule has 1 aliphatic rings. The molecule has 4 rings (SSSR count). The molecule has 3 aromatic rings. The number of benzene rings is 2. The average Bonchev–Trinajstić information content (AvgIpc) is 3.14. The van der Waals surface area contributed by atoms with E-state index in [1.165, 1.54) is 35.4 Å². The number of quaternary nitrogens is 1. The van der Waals surface area contributed by atoms with Crippen LogP contribution >= 0.6 is 0 Å². The van der Waals surface area contributed by atoms with E-state index < -0.39 is 0 Å². The van der Waals surface area contributed by atoms with Crippen LogP contribution in [0.4, 0.5) is 4.39 Å². The lowest BCUT2D eigenvalue weighted by molar-refractivity contribution is -0.932. The number of nitrogens with one attached hydrogen (secondary N) is 1. The molecule has 0 amide bonds. The highest BCUT2D eigenvalue weighted by molar-refractivity contribution is 5.23. The van der Waals surface area contributed by atoms with E-state index in [4.69, 9.17) is 0 Å². The van der Waals surface area contributed by atoms with E-state index in [1.807, 2.05) is 10.7 Å². The predicted molar refractivity (Wildman–Crippen MR) is 101 cm³/mol. The molecule has 0 aliphatic carbocycles. The summed E-state index contributed by atoms with van der Waals surface area (Å²) in [4.78, 5) is 1.51. The Morgan fingerprint density at radius 3 is 2.48 bits per heavy atom. The first-order chi connectivity index (χ1) is 13.2. The maximum atomic E-state index is 13.2. The Morgan fingerprint density at radius 2 is 1.78 bits per heavy atom. The predicted octanol–water partition coefficient (Wildman–Crippen LogP) is 2.26. The molecule has 0 spiro atoms. The summed E-state index contributed by atoms with van der Waals surface area (Å²) < 4.78 is 15.1. The normalized spacial score (nSPS) is 21.1. The van der Waals surface area contributed by atoms with Crippen molar-refractivity contribution in [3.8, 4) is 0 Å². The number of likely N-dealkylation sites (tertiary alicyclic amines) is 1. The lowest BCUT2D eigenvalue weighted by atomic mass is 9.95. The fraction of sp³-hybridized carbons (Fsp3) is 0.381. The second-order valence-electron chi connectivity index (χ2n) is 7.51. The maximum Gasteiger partial charge on any atom is 0.214 e. The van der Waals surface area contributed by atoms with Crippen molar-refractivity contribution >= 4 is 0 Å². The molecular formula is C21H25FN5+. The van der Waals surface area contributed by atoms with Crippen molar-refractivity contribution in [3.05, 3.63) is 77.4 Å². The molecule has 1 saturated heterocycles. The Hall–Kier alpha value is -2.60. The van der Waals surface area contributed by atoms with Gasteiger partial charge in [0.05, 0.1) is 19.6 Å². The SMILES string of the molecule is CC1CC[NH+]([C@@H](c2ccccc2)c2nnnn2Cc2ccc(F)cc2)CC1. The molecule has 2 heterocycles. The monoisotopic (exact) mass is 366 g/mol. The van der Waals surface area contributed by atoms with Gasteiger partial charge in [-0.15, -0.1) is 5.10 Å². The van der Waals surface area contributed by atoms with Crippen molar-refractivity contribution < 1.29 is 9.29 Å². The standard InChI is InChI=1S/C21H24FN5/c1-16-11-13-26(14-12-16)20(18-5-3-2-4-6-18)21-23-24-25-27(21)15-17-7-9-19(22)10-8-17/h2-10,16,20H,11-15H2,1H3/p+1/t20-/m0/s1. The van der Waals surface area contributed by atoms with Crippen molar-refractivity contribution in [2.24, 2.45) is 5.92 Å². The van der Waals surface area contributed by atoms with Gasteiger partial charge in [0.15, 0.2) is 6.04 Å². The van der Waals surface area contributed by atoms with Crippen molar-refractivity contribution in [2.75, 3.05) is 13.1 Å². The highest BCUT2D eigenvalue weighted by Gasteiger charge is 2.33. The molecule has 1 aromatic heterocycles. The summed E-state index contributed by atoms with van der Waals surface area (Å²) in [7, 11) is 0. The van der Waals surface area contributed by atoms with Crippen LogP contribution < -0.4 is 4.90 Å². The van der Waals surface area contributed by atoms with E-state index in [-0.39, 0.29) is 11.9 Å². The number of nitrogens with zero attached hydrogens (tertiary/aromatic N) is 4. The summed E-state index contributed by atoms with van der Waals surface area (Å²) in [5.74, 6) is 1.42. The number of aromatic nitrogens is 4. The van der Waals surface area contributed by atoms with Gasteiger partial charge in [0, 0.05) is 5.56 Å². The molecule has 6 heteroatoms. The van der Waals surface area contributed by atoms with E-state index in [2.05, 4.69) is 46.7 Å². The van der Waals surface area contributed by atoms with Gasteiger partial charge in [-0.05, 0) is 46.9 Å². The van der Waals surface area contributed by atoms with Crippen LogP contribution in [0.2, 0.25) is 0 Å². The fourth-order valence-corrected chi connectivity index (χ4v) is 3.93. The second kappa shape index (κ2) is 7.96. The number of hydrogen-bond acceptors (Lipinski definition) is 3. The minimum Gasteiger partial charge on any atom is -0.322 e. The van der Waals surface area contributed by atoms with Gasteiger partial charge in [-0.1, -0.05) is 49.4 Å². The number of piperidine rings is 1. The quantitative estimate of drug-likeness (QED) is 0.754. The molecule has 0 bridgehead atoms. The molecular weight excluding hydrogens is 341 g/mol. The molecule has 0 saturated carbocycles. The van der Waals surface area contributed by atoms with Crippen LogP contribution in [0.3, 0.4) is 0 Å². The summed E-state index contributed by atoms with van der Waals surface area (Å²) in [6.45, 7) is 5.09. The zero-order chi connectivity index (χ0) is 18.6. The molecule has 1 N–H and O–H groups in total. The molecule has 140 valence electrons. The molecule has 1 aliphatic heterocycles. The molecule has 27 heavy (non-hydrogen) atoms. The van der Waals surface area contributed by atoms with Crippen LogP contribution in [0.25, 0.3) is 0 Å². The first-order valence-electron chi connectivity index (χ1n) is 9.61. The Kier molecular flexibility index (Phi) is 5.25. The Morgan fingerprint density at radius 1 is 1.07 bits per heavy atom. The highest BCUT2D eigenvalue weighted by Crippen LogP contribution is 2.20. The van der Waals surface area contributed by atoms with Crippen LogP contribution in [0.1, 0.15) is 42.8 Å². The molecule has 2 aromatic carbocycles. The van der Waals surface area contributed by atoms with Crippen LogP contribution in [0.15, 0.2) is 54.6 Å². The largest absolute Gasteiger partial charge is 0.322 e. The maximum absolute atomic E-state index is 13.2. The van der Waals surface area contributed by atoms with Crippen molar-refractivity contribution in [2.45, 2.75) is 32.4 Å². The first kappa shape index (κ1) is 17.8. The van der Waals surface area contributed by atoms with Gasteiger partial charge in [-0.3, -0.25) is 0 Å². The molecule has 5 nitrogen and oxygen atoms in total. The van der Waals surface area contributed by atoms with E-state index in [0.717, 1.165) is 30.4 Å². The topological polar surface area (TPSA) is 48.0 Å². The van der Waals surface area contributed by atoms with Crippen molar-refractivity contribution in [1.82, 2.24) is 20.2 Å². The van der Waals surface area contributed by atoms with E-state index >= 15 is 0 Å². The van der Waals surface area contributed by atoms with E-state index in [1.54, 1.807) is 12.1 Å². The van der Waals surface area contributed by atoms with Crippen molar-refractivity contribution in [1.29, 1.82) is 0 Å². The van der Waals surface area contributed by atoms with E-state index in [0.29, 0.717) is 6.54 Å². The summed E-state index contributed by atoms with van der Waals surface area (Å²) in [5, 5.41) is 12.6. The molecule has 1 atom stereocenters. The van der Waals surface area contributed by atoms with Crippen LogP contribution in [-0.2, 0) is 6.54 Å². The van der Waals surface area contributed by atoms with Gasteiger partial charge >= 0.3 is 0 Å². The summed E-state index contributed by atoms with van der Waals surface area (Å²) in [6.07, 6.45) is 2.44. The molecule has 1 fully saturated rings. The number of halogens is 1. The highest BCUT2D eigenvalue weighted by atomic mass is 19.1.